The molecule has 3 amide bonds. The summed E-state index contributed by atoms with van der Waals surface area (Å²) in [6.45, 7) is 3.32. The summed E-state index contributed by atoms with van der Waals surface area (Å²) < 4.78 is 0. The topological polar surface area (TPSA) is 216 Å². The average Bonchev–Trinajstić information content (AvgIpc) is 3.16. The van der Waals surface area contributed by atoms with Crippen LogP contribution >= 0.6 is 0 Å². The van der Waals surface area contributed by atoms with E-state index in [2.05, 4.69) is 10.6 Å². The van der Waals surface area contributed by atoms with Gasteiger partial charge >= 0.3 is 17.9 Å². The van der Waals surface area contributed by atoms with E-state index in [1.807, 2.05) is 0 Å². The number of hydrogen-bond acceptors (Lipinski definition) is 7. The molecule has 0 aromatic carbocycles. The molecule has 13 heteroatoms. The Kier molecular flexibility index (Phi) is 10.0. The number of hydrogen-bond donors (Lipinski definition) is 6. The highest BCUT2D eigenvalue weighted by Gasteiger charge is 2.38. The van der Waals surface area contributed by atoms with Crippen molar-refractivity contribution in [3.63, 3.8) is 0 Å². The first kappa shape index (κ1) is 26.8. The minimum Gasteiger partial charge on any atom is -0.481 e. The molecule has 0 bridgehead atoms. The highest BCUT2D eigenvalue weighted by molar-refractivity contribution is 5.95. The van der Waals surface area contributed by atoms with Gasteiger partial charge < -0.3 is 36.6 Å². The molecule has 0 aliphatic carbocycles. The van der Waals surface area contributed by atoms with Crippen molar-refractivity contribution in [1.82, 2.24) is 15.5 Å². The van der Waals surface area contributed by atoms with Gasteiger partial charge in [-0.2, -0.15) is 0 Å². The van der Waals surface area contributed by atoms with Crippen LogP contribution in [0.25, 0.3) is 0 Å². The van der Waals surface area contributed by atoms with Gasteiger partial charge in [0, 0.05) is 13.0 Å². The van der Waals surface area contributed by atoms with E-state index in [1.165, 1.54) is 0 Å². The normalized spacial score (nSPS) is 18.5. The molecule has 0 aromatic rings. The van der Waals surface area contributed by atoms with Crippen LogP contribution in [0.5, 0.6) is 0 Å². The largest absolute Gasteiger partial charge is 0.481 e. The molecule has 0 saturated carbocycles. The molecule has 0 spiro atoms. The molecular weight excluding hydrogens is 428 g/mol. The number of nitrogens with one attached hydrogen (secondary N) is 2. The molecule has 4 unspecified atom stereocenters. The molecule has 0 aromatic heterocycles. The van der Waals surface area contributed by atoms with E-state index < -0.39 is 78.6 Å². The SMILES string of the molecule is CC(C)C(NC(=O)C(CCC(=O)O)NC(=O)C1CCCN1C(=O)C(N)CC(=O)O)C(=O)O. The Morgan fingerprint density at radius 1 is 1.03 bits per heavy atom. The fourth-order valence-electron chi connectivity index (χ4n) is 3.36. The van der Waals surface area contributed by atoms with Crippen molar-refractivity contribution >= 4 is 35.6 Å². The van der Waals surface area contributed by atoms with E-state index in [0.29, 0.717) is 6.42 Å². The van der Waals surface area contributed by atoms with Crippen molar-refractivity contribution in [3.8, 4) is 0 Å². The zero-order valence-corrected chi connectivity index (χ0v) is 17.9. The third-order valence-corrected chi connectivity index (χ3v) is 5.06. The van der Waals surface area contributed by atoms with E-state index in [0.717, 1.165) is 4.90 Å². The summed E-state index contributed by atoms with van der Waals surface area (Å²) in [4.78, 5) is 72.2. The highest BCUT2D eigenvalue weighted by Crippen LogP contribution is 2.19. The van der Waals surface area contributed by atoms with Crippen LogP contribution in [-0.2, 0) is 28.8 Å². The Morgan fingerprint density at radius 3 is 2.16 bits per heavy atom. The van der Waals surface area contributed by atoms with Gasteiger partial charge in [0.05, 0.1) is 12.5 Å². The van der Waals surface area contributed by atoms with Crippen LogP contribution in [0.4, 0.5) is 0 Å². The van der Waals surface area contributed by atoms with Gasteiger partial charge in [0.25, 0.3) is 0 Å². The first-order valence-electron chi connectivity index (χ1n) is 10.2. The molecule has 1 aliphatic rings. The maximum Gasteiger partial charge on any atom is 0.326 e. The standard InChI is InChI=1S/C19H30N4O9/c1-9(2)15(19(31)32)22-16(28)11(5-6-13(24)25)21-17(29)12-4-3-7-23(12)18(30)10(20)8-14(26)27/h9-12,15H,3-8,20H2,1-2H3,(H,21,29)(H,22,28)(H,24,25)(H,26,27)(H,31,32). The quantitative estimate of drug-likeness (QED) is 0.196. The Labute approximate surface area is 184 Å². The smallest absolute Gasteiger partial charge is 0.326 e. The van der Waals surface area contributed by atoms with Crippen LogP contribution in [0.1, 0.15) is 46.0 Å². The van der Waals surface area contributed by atoms with Crippen LogP contribution in [0, 0.1) is 5.92 Å². The van der Waals surface area contributed by atoms with Gasteiger partial charge in [-0.05, 0) is 25.2 Å². The summed E-state index contributed by atoms with van der Waals surface area (Å²) in [5.41, 5.74) is 5.61. The number of likely N-dealkylation sites (tertiary alicyclic amines) is 1. The van der Waals surface area contributed by atoms with Crippen LogP contribution in [0.15, 0.2) is 0 Å². The van der Waals surface area contributed by atoms with Crippen molar-refractivity contribution in [1.29, 1.82) is 0 Å². The minimum absolute atomic E-state index is 0.171. The predicted molar refractivity (Wildman–Crippen MR) is 108 cm³/mol. The number of nitrogens with zero attached hydrogens (tertiary/aromatic N) is 1. The third-order valence-electron chi connectivity index (χ3n) is 5.06. The van der Waals surface area contributed by atoms with Crippen molar-refractivity contribution < 1.29 is 44.1 Å². The van der Waals surface area contributed by atoms with E-state index in [9.17, 15) is 33.9 Å². The summed E-state index contributed by atoms with van der Waals surface area (Å²) >= 11 is 0. The lowest BCUT2D eigenvalue weighted by Crippen LogP contribution is -2.57. The van der Waals surface area contributed by atoms with E-state index in [1.54, 1.807) is 13.8 Å². The van der Waals surface area contributed by atoms with Gasteiger partial charge in [0.2, 0.25) is 17.7 Å². The fourth-order valence-corrected chi connectivity index (χ4v) is 3.36. The van der Waals surface area contributed by atoms with Crippen LogP contribution in [0.3, 0.4) is 0 Å². The lowest BCUT2D eigenvalue weighted by atomic mass is 10.0. The second-order valence-corrected chi connectivity index (χ2v) is 7.96. The van der Waals surface area contributed by atoms with Gasteiger partial charge in [-0.25, -0.2) is 4.79 Å². The van der Waals surface area contributed by atoms with Gasteiger partial charge in [-0.1, -0.05) is 13.8 Å². The Hall–Kier alpha value is -3.22. The number of rotatable bonds is 12. The number of carboxylic acids is 3. The first-order chi connectivity index (χ1) is 14.8. The number of carboxylic acid groups (broad SMARTS) is 3. The molecule has 1 heterocycles. The summed E-state index contributed by atoms with van der Waals surface area (Å²) in [5, 5.41) is 31.7. The van der Waals surface area contributed by atoms with E-state index >= 15 is 0 Å². The van der Waals surface area contributed by atoms with Gasteiger partial charge in [-0.15, -0.1) is 0 Å². The zero-order valence-electron chi connectivity index (χ0n) is 17.9. The molecule has 4 atom stereocenters. The molecule has 13 nitrogen and oxygen atoms in total. The number of aliphatic carboxylic acids is 3. The lowest BCUT2D eigenvalue weighted by Gasteiger charge is -2.28. The third kappa shape index (κ3) is 7.80. The highest BCUT2D eigenvalue weighted by atomic mass is 16.4. The minimum atomic E-state index is -1.34. The monoisotopic (exact) mass is 458 g/mol. The molecule has 1 fully saturated rings. The summed E-state index contributed by atoms with van der Waals surface area (Å²) in [6.07, 6.45) is -0.678. The van der Waals surface area contributed by atoms with Crippen molar-refractivity contribution in [2.24, 2.45) is 11.7 Å². The van der Waals surface area contributed by atoms with Crippen LogP contribution < -0.4 is 16.4 Å². The molecule has 32 heavy (non-hydrogen) atoms. The van der Waals surface area contributed by atoms with Gasteiger partial charge in [0.1, 0.15) is 18.1 Å². The van der Waals surface area contributed by atoms with Gasteiger partial charge in [0.15, 0.2) is 0 Å². The molecule has 1 aliphatic heterocycles. The Balaban J connectivity index is 2.95. The molecule has 7 N–H and O–H groups in total. The lowest BCUT2D eigenvalue weighted by molar-refractivity contribution is -0.145. The van der Waals surface area contributed by atoms with Crippen molar-refractivity contribution in [3.05, 3.63) is 0 Å². The summed E-state index contributed by atoms with van der Waals surface area (Å²) in [5.74, 6) is -6.55. The second-order valence-electron chi connectivity index (χ2n) is 7.96. The van der Waals surface area contributed by atoms with Crippen molar-refractivity contribution in [2.75, 3.05) is 6.54 Å². The van der Waals surface area contributed by atoms with Crippen LogP contribution in [-0.4, -0.2) is 86.6 Å². The molecule has 1 rings (SSSR count). The number of carbonyl (C=O) groups is 6. The summed E-state index contributed by atoms with van der Waals surface area (Å²) in [6, 6.07) is -4.94. The zero-order chi connectivity index (χ0) is 24.6. The molecule has 1 saturated heterocycles. The van der Waals surface area contributed by atoms with E-state index in [-0.39, 0.29) is 19.4 Å². The van der Waals surface area contributed by atoms with Crippen LogP contribution in [0.2, 0.25) is 0 Å². The molecule has 0 radical (unpaired) electrons. The maximum atomic E-state index is 12.8. The number of carbonyl (C=O) groups excluding carboxylic acids is 3. The van der Waals surface area contributed by atoms with Crippen molar-refractivity contribution in [2.45, 2.75) is 70.1 Å². The predicted octanol–water partition coefficient (Wildman–Crippen LogP) is -1.65. The number of nitrogens with two attached hydrogens (primary N) is 1. The molecule has 180 valence electrons. The number of amides is 3. The summed E-state index contributed by atoms with van der Waals surface area (Å²) in [7, 11) is 0. The second kappa shape index (κ2) is 12.0. The van der Waals surface area contributed by atoms with E-state index in [4.69, 9.17) is 15.9 Å². The maximum absolute atomic E-state index is 12.8. The Morgan fingerprint density at radius 2 is 1.66 bits per heavy atom. The first-order valence-corrected chi connectivity index (χ1v) is 10.2. The average molecular weight is 458 g/mol. The Bertz CT molecular complexity index is 755. The fraction of sp³-hybridized carbons (Fsp3) is 0.684. The van der Waals surface area contributed by atoms with Gasteiger partial charge in [-0.3, -0.25) is 24.0 Å². The molecular formula is C19H30N4O9.